The maximum atomic E-state index is 12.9. The summed E-state index contributed by atoms with van der Waals surface area (Å²) >= 11 is 6.28. The lowest BCUT2D eigenvalue weighted by Crippen LogP contribution is -2.43. The molecule has 0 spiro atoms. The fourth-order valence-electron chi connectivity index (χ4n) is 5.13. The van der Waals surface area contributed by atoms with Crippen molar-refractivity contribution in [3.8, 4) is 5.75 Å². The number of halogens is 1. The number of benzene rings is 2. The Morgan fingerprint density at radius 1 is 1.22 bits per heavy atom. The van der Waals surface area contributed by atoms with Gasteiger partial charge in [-0.05, 0) is 106 Å². The van der Waals surface area contributed by atoms with Gasteiger partial charge in [0, 0.05) is 18.1 Å². The fourth-order valence-corrected chi connectivity index (χ4v) is 5.33. The van der Waals surface area contributed by atoms with Gasteiger partial charge in [0.15, 0.2) is 0 Å². The Morgan fingerprint density at radius 2 is 2.03 bits per heavy atom. The second-order valence-electron chi connectivity index (χ2n) is 11.0. The molecule has 1 aliphatic heterocycles. The summed E-state index contributed by atoms with van der Waals surface area (Å²) in [5.41, 5.74) is 3.18. The van der Waals surface area contributed by atoms with E-state index in [2.05, 4.69) is 11.5 Å². The monoisotopic (exact) mass is 511 g/mol. The van der Waals surface area contributed by atoms with Crippen LogP contribution in [0.4, 0.5) is 5.69 Å². The molecule has 6 heteroatoms. The number of aliphatic hydroxyl groups is 1. The molecular weight excluding hydrogens is 474 g/mol. The normalized spacial score (nSPS) is 21.1. The number of rotatable bonds is 5. The van der Waals surface area contributed by atoms with Crippen LogP contribution in [0.15, 0.2) is 49.1 Å². The van der Waals surface area contributed by atoms with Crippen molar-refractivity contribution in [2.45, 2.75) is 71.2 Å². The molecule has 3 atom stereocenters. The molecule has 1 aliphatic carbocycles. The summed E-state index contributed by atoms with van der Waals surface area (Å²) < 4.78 is 12.0. The van der Waals surface area contributed by atoms with Crippen LogP contribution >= 0.6 is 11.6 Å². The Morgan fingerprint density at radius 3 is 2.72 bits per heavy atom. The highest BCUT2D eigenvalue weighted by atomic mass is 35.5. The van der Waals surface area contributed by atoms with Gasteiger partial charge in [-0.2, -0.15) is 0 Å². The molecule has 5 nitrogen and oxygen atoms in total. The number of nitrogens with zero attached hydrogens (tertiary/aromatic N) is 1. The van der Waals surface area contributed by atoms with E-state index in [0.717, 1.165) is 67.2 Å². The molecule has 0 amide bonds. The van der Waals surface area contributed by atoms with Crippen LogP contribution in [-0.4, -0.2) is 35.9 Å². The third kappa shape index (κ3) is 6.43. The Labute approximate surface area is 220 Å². The van der Waals surface area contributed by atoms with E-state index >= 15 is 0 Å². The number of esters is 1. The Balaban J connectivity index is 1.67. The molecule has 0 unspecified atom stereocenters. The highest BCUT2D eigenvalue weighted by Crippen LogP contribution is 2.40. The van der Waals surface area contributed by atoms with Gasteiger partial charge >= 0.3 is 5.97 Å². The molecule has 0 aromatic heterocycles. The third-order valence-electron chi connectivity index (χ3n) is 7.22. The molecule has 4 rings (SSSR count). The molecule has 1 saturated carbocycles. The van der Waals surface area contributed by atoms with Gasteiger partial charge in [0.05, 0.1) is 17.4 Å². The molecular formula is C30H38ClNO4. The Hall–Kier alpha value is -2.50. The van der Waals surface area contributed by atoms with Gasteiger partial charge in [-0.1, -0.05) is 23.7 Å². The maximum absolute atomic E-state index is 12.9. The second kappa shape index (κ2) is 11.3. The minimum atomic E-state index is -0.574. The average Bonchev–Trinajstić information content (AvgIpc) is 2.83. The van der Waals surface area contributed by atoms with Crippen molar-refractivity contribution in [3.05, 3.63) is 70.8 Å². The largest absolute Gasteiger partial charge is 0.487 e. The molecule has 0 saturated heterocycles. The zero-order chi connectivity index (χ0) is 25.9. The first-order valence-corrected chi connectivity index (χ1v) is 13.4. The van der Waals surface area contributed by atoms with Crippen LogP contribution in [-0.2, 0) is 17.8 Å². The lowest BCUT2D eigenvalue weighted by atomic mass is 9.70. The van der Waals surface area contributed by atoms with Crippen molar-refractivity contribution in [3.63, 3.8) is 0 Å². The zero-order valence-corrected chi connectivity index (χ0v) is 22.4. The predicted molar refractivity (Wildman–Crippen MR) is 145 cm³/mol. The van der Waals surface area contributed by atoms with Gasteiger partial charge < -0.3 is 19.5 Å². The Kier molecular flexibility index (Phi) is 8.31. The van der Waals surface area contributed by atoms with Gasteiger partial charge in [-0.15, -0.1) is 6.58 Å². The van der Waals surface area contributed by atoms with Gasteiger partial charge in [0.1, 0.15) is 18.0 Å². The average molecular weight is 512 g/mol. The first-order chi connectivity index (χ1) is 17.1. The molecule has 2 aromatic rings. The highest BCUT2D eigenvalue weighted by Gasteiger charge is 2.36. The van der Waals surface area contributed by atoms with Gasteiger partial charge in [-0.3, -0.25) is 0 Å². The number of carbonyl (C=O) groups excluding carboxylic acids is 1. The third-order valence-corrected chi connectivity index (χ3v) is 7.46. The lowest BCUT2D eigenvalue weighted by Gasteiger charge is -2.42. The van der Waals surface area contributed by atoms with Crippen LogP contribution in [0.5, 0.6) is 5.75 Å². The summed E-state index contributed by atoms with van der Waals surface area (Å²) in [7, 11) is 0. The first-order valence-electron chi connectivity index (χ1n) is 13.0. The number of aliphatic hydroxyl groups excluding tert-OH is 1. The van der Waals surface area contributed by atoms with Crippen LogP contribution in [0.1, 0.15) is 67.9 Å². The molecule has 1 N–H and O–H groups in total. The molecule has 0 radical (unpaired) electrons. The summed E-state index contributed by atoms with van der Waals surface area (Å²) in [5, 5.41) is 11.1. The van der Waals surface area contributed by atoms with Crippen molar-refractivity contribution in [1.29, 1.82) is 0 Å². The quantitative estimate of drug-likeness (QED) is 0.362. The molecule has 194 valence electrons. The van der Waals surface area contributed by atoms with Crippen molar-refractivity contribution < 1.29 is 19.4 Å². The highest BCUT2D eigenvalue weighted by molar-refractivity contribution is 6.30. The van der Waals surface area contributed by atoms with Crippen molar-refractivity contribution in [1.82, 2.24) is 0 Å². The van der Waals surface area contributed by atoms with Gasteiger partial charge in [0.2, 0.25) is 0 Å². The molecule has 0 bridgehead atoms. The van der Waals surface area contributed by atoms with Gasteiger partial charge in [-0.25, -0.2) is 4.79 Å². The SMILES string of the molecule is C=C[C@@H](O)[C@@H]1CC[C@H]1CN1CCCCc2cc(Cl)ccc2COc2ccc(C(=O)OC(C)(C)C)cc21. The van der Waals surface area contributed by atoms with Crippen LogP contribution < -0.4 is 9.64 Å². The zero-order valence-electron chi connectivity index (χ0n) is 21.6. The molecule has 36 heavy (non-hydrogen) atoms. The van der Waals surface area contributed by atoms with E-state index in [0.29, 0.717) is 18.1 Å². The van der Waals surface area contributed by atoms with E-state index in [1.54, 1.807) is 12.1 Å². The summed E-state index contributed by atoms with van der Waals surface area (Å²) in [6.07, 6.45) is 6.17. The number of fused-ring (bicyclic) bond motifs is 2. The summed E-state index contributed by atoms with van der Waals surface area (Å²) in [6.45, 7) is 11.5. The van der Waals surface area contributed by atoms with Crippen molar-refractivity contribution in [2.24, 2.45) is 11.8 Å². The van der Waals surface area contributed by atoms with E-state index in [4.69, 9.17) is 21.1 Å². The maximum Gasteiger partial charge on any atom is 0.338 e. The number of anilines is 1. The number of hydrogen-bond acceptors (Lipinski definition) is 5. The lowest BCUT2D eigenvalue weighted by molar-refractivity contribution is 0.00695. The molecule has 2 aromatic carbocycles. The van der Waals surface area contributed by atoms with Crippen molar-refractivity contribution in [2.75, 3.05) is 18.0 Å². The fraction of sp³-hybridized carbons (Fsp3) is 0.500. The van der Waals surface area contributed by atoms with Crippen LogP contribution in [0, 0.1) is 11.8 Å². The summed E-state index contributed by atoms with van der Waals surface area (Å²) in [6, 6.07) is 11.5. The van der Waals surface area contributed by atoms with E-state index in [9.17, 15) is 9.90 Å². The van der Waals surface area contributed by atoms with Crippen LogP contribution in [0.2, 0.25) is 5.02 Å². The number of ether oxygens (including phenoxy) is 2. The minimum Gasteiger partial charge on any atom is -0.487 e. The summed E-state index contributed by atoms with van der Waals surface area (Å²) in [5.74, 6) is 0.969. The van der Waals surface area contributed by atoms with E-state index in [1.165, 1.54) is 5.56 Å². The summed E-state index contributed by atoms with van der Waals surface area (Å²) in [4.78, 5) is 15.2. The van der Waals surface area contributed by atoms with Crippen LogP contribution in [0.25, 0.3) is 0 Å². The van der Waals surface area contributed by atoms with E-state index < -0.39 is 11.7 Å². The molecule has 1 heterocycles. The number of aryl methyl sites for hydroxylation is 1. The van der Waals surface area contributed by atoms with E-state index in [1.807, 2.05) is 51.1 Å². The molecule has 2 aliphatic rings. The predicted octanol–water partition coefficient (Wildman–Crippen LogP) is 6.59. The second-order valence-corrected chi connectivity index (χ2v) is 11.5. The number of hydrogen-bond donors (Lipinski definition) is 1. The smallest absolute Gasteiger partial charge is 0.338 e. The van der Waals surface area contributed by atoms with E-state index in [-0.39, 0.29) is 11.9 Å². The van der Waals surface area contributed by atoms with Gasteiger partial charge in [0.25, 0.3) is 0 Å². The van der Waals surface area contributed by atoms with Crippen molar-refractivity contribution >= 4 is 23.3 Å². The topological polar surface area (TPSA) is 59.0 Å². The Bertz CT molecular complexity index is 1090. The number of carbonyl (C=O) groups is 1. The first kappa shape index (κ1) is 26.6. The molecule has 1 fully saturated rings. The van der Waals surface area contributed by atoms with Crippen LogP contribution in [0.3, 0.4) is 0 Å². The minimum absolute atomic E-state index is 0.213. The standard InChI is InChI=1S/C30H38ClNO4/c1-5-27(33)25-13-10-22(25)18-32-15-7-6-8-20-16-24(31)12-9-23(20)19-35-28-14-11-21(17-26(28)32)29(34)36-30(2,3)4/h5,9,11-12,14,16-17,22,25,27,33H,1,6-8,10,13,15,18-19H2,2-4H3/t22-,25+,27+/m0/s1.